The van der Waals surface area contributed by atoms with Crippen LogP contribution < -0.4 is 0 Å². The SMILES string of the molecule is Cc1ccc(C#N)c(C(=O)CCl)c1O. The largest absolute Gasteiger partial charge is 0.507 e. The van der Waals surface area contributed by atoms with Crippen LogP contribution in [0.15, 0.2) is 12.1 Å². The predicted molar refractivity (Wildman–Crippen MR) is 52.6 cm³/mol. The van der Waals surface area contributed by atoms with E-state index in [0.29, 0.717) is 5.56 Å². The molecule has 14 heavy (non-hydrogen) atoms. The third-order valence-corrected chi connectivity index (χ3v) is 2.14. The number of aryl methyl sites for hydroxylation is 1. The lowest BCUT2D eigenvalue weighted by molar-refractivity contribution is 0.101. The zero-order chi connectivity index (χ0) is 10.7. The van der Waals surface area contributed by atoms with Crippen LogP contribution in [0.1, 0.15) is 21.5 Å². The molecule has 1 N–H and O–H groups in total. The van der Waals surface area contributed by atoms with Crippen LogP contribution >= 0.6 is 11.6 Å². The summed E-state index contributed by atoms with van der Waals surface area (Å²) < 4.78 is 0. The molecule has 0 aliphatic heterocycles. The summed E-state index contributed by atoms with van der Waals surface area (Å²) in [6, 6.07) is 4.92. The number of hydrogen-bond donors (Lipinski definition) is 1. The Morgan fingerprint density at radius 1 is 1.64 bits per heavy atom. The van der Waals surface area contributed by atoms with E-state index in [4.69, 9.17) is 16.9 Å². The summed E-state index contributed by atoms with van der Waals surface area (Å²) in [7, 11) is 0. The third-order valence-electron chi connectivity index (χ3n) is 1.90. The minimum absolute atomic E-state index is 0.0162. The van der Waals surface area contributed by atoms with Crippen molar-refractivity contribution in [3.63, 3.8) is 0 Å². The van der Waals surface area contributed by atoms with Gasteiger partial charge < -0.3 is 5.11 Å². The van der Waals surface area contributed by atoms with E-state index in [9.17, 15) is 9.90 Å². The van der Waals surface area contributed by atoms with Crippen molar-refractivity contribution in [3.05, 3.63) is 28.8 Å². The second-order valence-electron chi connectivity index (χ2n) is 2.82. The zero-order valence-corrected chi connectivity index (χ0v) is 8.30. The smallest absolute Gasteiger partial charge is 0.182 e. The number of ketones is 1. The van der Waals surface area contributed by atoms with Crippen LogP contribution in [0.2, 0.25) is 0 Å². The first-order valence-corrected chi connectivity index (χ1v) is 4.47. The van der Waals surface area contributed by atoms with Crippen LogP contribution in [0.4, 0.5) is 0 Å². The lowest BCUT2D eigenvalue weighted by atomic mass is 10.0. The van der Waals surface area contributed by atoms with E-state index in [2.05, 4.69) is 0 Å². The molecule has 72 valence electrons. The summed E-state index contributed by atoms with van der Waals surface area (Å²) in [5.41, 5.74) is 0.721. The van der Waals surface area contributed by atoms with Crippen molar-refractivity contribution in [2.75, 3.05) is 5.88 Å². The van der Waals surface area contributed by atoms with E-state index in [1.807, 2.05) is 6.07 Å². The molecule has 1 aromatic carbocycles. The number of Topliss-reactive ketones (excluding diaryl/α,β-unsaturated/α-hetero) is 1. The number of nitrogens with zero attached hydrogens (tertiary/aromatic N) is 1. The van der Waals surface area contributed by atoms with Crippen molar-refractivity contribution in [2.24, 2.45) is 0 Å². The number of hydrogen-bond acceptors (Lipinski definition) is 3. The van der Waals surface area contributed by atoms with Crippen molar-refractivity contribution in [1.29, 1.82) is 5.26 Å². The van der Waals surface area contributed by atoms with Crippen LogP contribution in [0.3, 0.4) is 0 Å². The van der Waals surface area contributed by atoms with Gasteiger partial charge in [0, 0.05) is 0 Å². The molecule has 0 saturated heterocycles. The quantitative estimate of drug-likeness (QED) is 0.599. The van der Waals surface area contributed by atoms with Crippen LogP contribution in [-0.4, -0.2) is 16.8 Å². The number of aromatic hydroxyl groups is 1. The Morgan fingerprint density at radius 2 is 2.29 bits per heavy atom. The van der Waals surface area contributed by atoms with Crippen molar-refractivity contribution >= 4 is 17.4 Å². The molecule has 0 spiro atoms. The minimum atomic E-state index is -0.440. The molecular weight excluding hydrogens is 202 g/mol. The Morgan fingerprint density at radius 3 is 2.79 bits per heavy atom. The fourth-order valence-corrected chi connectivity index (χ4v) is 1.27. The third kappa shape index (κ3) is 1.70. The van der Waals surface area contributed by atoms with Gasteiger partial charge in [-0.15, -0.1) is 11.6 Å². The second-order valence-corrected chi connectivity index (χ2v) is 3.09. The molecule has 0 aliphatic carbocycles. The summed E-state index contributed by atoms with van der Waals surface area (Å²) in [6.07, 6.45) is 0. The number of phenols is 1. The zero-order valence-electron chi connectivity index (χ0n) is 7.54. The Kier molecular flexibility index (Phi) is 3.10. The number of carbonyl (C=O) groups is 1. The van der Waals surface area contributed by atoms with E-state index in [1.165, 1.54) is 6.07 Å². The van der Waals surface area contributed by atoms with Crippen molar-refractivity contribution in [2.45, 2.75) is 6.92 Å². The Labute approximate surface area is 86.5 Å². The van der Waals surface area contributed by atoms with Gasteiger partial charge >= 0.3 is 0 Å². The van der Waals surface area contributed by atoms with Crippen LogP contribution in [0.5, 0.6) is 5.75 Å². The van der Waals surface area contributed by atoms with E-state index < -0.39 is 5.78 Å². The van der Waals surface area contributed by atoms with Crippen LogP contribution in [0, 0.1) is 18.3 Å². The van der Waals surface area contributed by atoms with Gasteiger partial charge in [0.15, 0.2) is 5.78 Å². The number of carbonyl (C=O) groups excluding carboxylic acids is 1. The van der Waals surface area contributed by atoms with Crippen LogP contribution in [-0.2, 0) is 0 Å². The van der Waals surface area contributed by atoms with Gasteiger partial charge in [-0.25, -0.2) is 0 Å². The normalized spacial score (nSPS) is 9.50. The van der Waals surface area contributed by atoms with Gasteiger partial charge in [-0.3, -0.25) is 4.79 Å². The molecule has 0 bridgehead atoms. The summed E-state index contributed by atoms with van der Waals surface area (Å²) in [5.74, 6) is -0.842. The van der Waals surface area contributed by atoms with Gasteiger partial charge in [0.25, 0.3) is 0 Å². The standard InChI is InChI=1S/C10H8ClNO2/c1-6-2-3-7(5-12)9(10(6)14)8(13)4-11/h2-3,14H,4H2,1H3. The van der Waals surface area contributed by atoms with Gasteiger partial charge in [0.1, 0.15) is 11.8 Å². The summed E-state index contributed by atoms with van der Waals surface area (Å²) in [5, 5.41) is 18.3. The highest BCUT2D eigenvalue weighted by Crippen LogP contribution is 2.25. The summed E-state index contributed by atoms with van der Waals surface area (Å²) in [4.78, 5) is 11.3. The van der Waals surface area contributed by atoms with E-state index >= 15 is 0 Å². The van der Waals surface area contributed by atoms with Gasteiger partial charge in [0.2, 0.25) is 0 Å². The number of nitriles is 1. The summed E-state index contributed by atoms with van der Waals surface area (Å²) in [6.45, 7) is 1.65. The number of rotatable bonds is 2. The summed E-state index contributed by atoms with van der Waals surface area (Å²) >= 11 is 5.37. The molecule has 1 rings (SSSR count). The van der Waals surface area contributed by atoms with Gasteiger partial charge in [0.05, 0.1) is 17.0 Å². The molecule has 0 atom stereocenters. The van der Waals surface area contributed by atoms with Crippen LogP contribution in [0.25, 0.3) is 0 Å². The van der Waals surface area contributed by atoms with E-state index in [-0.39, 0.29) is 22.8 Å². The molecule has 0 aliphatic rings. The molecule has 0 amide bonds. The van der Waals surface area contributed by atoms with E-state index in [1.54, 1.807) is 13.0 Å². The molecular formula is C10H8ClNO2. The maximum atomic E-state index is 11.3. The Bertz CT molecular complexity index is 421. The molecule has 0 heterocycles. The highest BCUT2D eigenvalue weighted by Gasteiger charge is 2.16. The lowest BCUT2D eigenvalue weighted by Crippen LogP contribution is -2.04. The first-order chi connectivity index (χ1) is 6.61. The topological polar surface area (TPSA) is 61.1 Å². The predicted octanol–water partition coefficient (Wildman–Crippen LogP) is 1.99. The molecule has 0 radical (unpaired) electrons. The molecule has 3 nitrogen and oxygen atoms in total. The first kappa shape index (κ1) is 10.6. The average molecular weight is 210 g/mol. The van der Waals surface area contributed by atoms with Crippen molar-refractivity contribution in [1.82, 2.24) is 0 Å². The van der Waals surface area contributed by atoms with E-state index in [0.717, 1.165) is 0 Å². The van der Waals surface area contributed by atoms with Gasteiger partial charge in [-0.05, 0) is 18.6 Å². The molecule has 0 aromatic heterocycles. The monoisotopic (exact) mass is 209 g/mol. The number of halogens is 1. The van der Waals surface area contributed by atoms with Gasteiger partial charge in [-0.1, -0.05) is 6.07 Å². The van der Waals surface area contributed by atoms with Crippen molar-refractivity contribution < 1.29 is 9.90 Å². The van der Waals surface area contributed by atoms with Crippen molar-refractivity contribution in [3.8, 4) is 11.8 Å². The average Bonchev–Trinajstić information content (AvgIpc) is 2.20. The number of alkyl halides is 1. The van der Waals surface area contributed by atoms with Gasteiger partial charge in [-0.2, -0.15) is 5.26 Å². The lowest BCUT2D eigenvalue weighted by Gasteiger charge is -2.06. The Hall–Kier alpha value is -1.53. The Balaban J connectivity index is 3.45. The second kappa shape index (κ2) is 4.12. The highest BCUT2D eigenvalue weighted by molar-refractivity contribution is 6.31. The fraction of sp³-hybridized carbons (Fsp3) is 0.200. The fourth-order valence-electron chi connectivity index (χ4n) is 1.14. The maximum absolute atomic E-state index is 11.3. The number of phenolic OH excluding ortho intramolecular Hbond substituents is 1. The maximum Gasteiger partial charge on any atom is 0.182 e. The minimum Gasteiger partial charge on any atom is -0.507 e. The molecule has 1 aromatic rings. The molecule has 0 unspecified atom stereocenters. The first-order valence-electron chi connectivity index (χ1n) is 3.93. The molecule has 0 fully saturated rings. The number of benzene rings is 1. The molecule has 0 saturated carbocycles. The molecule has 4 heteroatoms. The highest BCUT2D eigenvalue weighted by atomic mass is 35.5.